The van der Waals surface area contributed by atoms with Crippen molar-refractivity contribution < 1.29 is 4.74 Å². The van der Waals surface area contributed by atoms with Crippen molar-refractivity contribution in [3.8, 4) is 5.75 Å². The maximum absolute atomic E-state index is 5.86. The van der Waals surface area contributed by atoms with Crippen LogP contribution in [0.25, 0.3) is 0 Å². The first-order valence-electron chi connectivity index (χ1n) is 6.78. The van der Waals surface area contributed by atoms with Crippen molar-refractivity contribution in [1.82, 2.24) is 5.32 Å². The predicted octanol–water partition coefficient (Wildman–Crippen LogP) is 3.02. The highest BCUT2D eigenvalue weighted by Crippen LogP contribution is 2.32. The van der Waals surface area contributed by atoms with Crippen molar-refractivity contribution in [3.05, 3.63) is 29.8 Å². The Morgan fingerprint density at radius 2 is 1.94 bits per heavy atom. The monoisotopic (exact) mass is 233 g/mol. The third-order valence-corrected chi connectivity index (χ3v) is 3.42. The Kier molecular flexibility index (Phi) is 4.43. The van der Waals surface area contributed by atoms with Crippen LogP contribution >= 0.6 is 0 Å². The summed E-state index contributed by atoms with van der Waals surface area (Å²) in [6.07, 6.45) is 3.80. The number of nitrogens with one attached hydrogen (secondary N) is 1. The number of aryl methyl sites for hydroxylation is 1. The van der Waals surface area contributed by atoms with E-state index in [9.17, 15) is 0 Å². The minimum atomic E-state index is 0.533. The normalized spacial score (nSPS) is 16.8. The van der Waals surface area contributed by atoms with Crippen molar-refractivity contribution in [3.63, 3.8) is 0 Å². The Hall–Kier alpha value is -1.02. The summed E-state index contributed by atoms with van der Waals surface area (Å²) >= 11 is 0. The molecule has 1 fully saturated rings. The van der Waals surface area contributed by atoms with Gasteiger partial charge in [-0.05, 0) is 49.4 Å². The first-order chi connectivity index (χ1) is 8.33. The van der Waals surface area contributed by atoms with E-state index in [2.05, 4.69) is 43.4 Å². The van der Waals surface area contributed by atoms with Gasteiger partial charge in [0.05, 0.1) is 0 Å². The summed E-state index contributed by atoms with van der Waals surface area (Å²) in [6, 6.07) is 8.98. The molecule has 17 heavy (non-hydrogen) atoms. The maximum atomic E-state index is 5.86. The highest BCUT2D eigenvalue weighted by molar-refractivity contribution is 5.27. The molecule has 2 nitrogen and oxygen atoms in total. The van der Waals surface area contributed by atoms with E-state index < -0.39 is 0 Å². The van der Waals surface area contributed by atoms with Gasteiger partial charge in [0.15, 0.2) is 0 Å². The van der Waals surface area contributed by atoms with Gasteiger partial charge in [0.2, 0.25) is 0 Å². The summed E-state index contributed by atoms with van der Waals surface area (Å²) in [7, 11) is 0. The van der Waals surface area contributed by atoms with Gasteiger partial charge in [0, 0.05) is 6.04 Å². The second-order valence-corrected chi connectivity index (χ2v) is 4.81. The molecular weight excluding hydrogens is 210 g/mol. The lowest BCUT2D eigenvalue weighted by atomic mass is 10.1. The summed E-state index contributed by atoms with van der Waals surface area (Å²) in [5.41, 5.74) is 1.36. The fourth-order valence-electron chi connectivity index (χ4n) is 2.13. The van der Waals surface area contributed by atoms with E-state index in [1.54, 1.807) is 0 Å². The minimum absolute atomic E-state index is 0.533. The van der Waals surface area contributed by atoms with Crippen LogP contribution in [-0.4, -0.2) is 19.2 Å². The van der Waals surface area contributed by atoms with Crippen LogP contribution in [0, 0.1) is 5.92 Å². The van der Waals surface area contributed by atoms with Crippen molar-refractivity contribution in [2.24, 2.45) is 5.92 Å². The van der Waals surface area contributed by atoms with Crippen LogP contribution in [0.2, 0.25) is 0 Å². The molecule has 0 aliphatic heterocycles. The number of rotatable bonds is 7. The van der Waals surface area contributed by atoms with Crippen molar-refractivity contribution in [2.75, 3.05) is 13.2 Å². The highest BCUT2D eigenvalue weighted by Gasteiger charge is 2.30. The third kappa shape index (κ3) is 3.74. The van der Waals surface area contributed by atoms with Crippen LogP contribution in [0.4, 0.5) is 0 Å². The molecule has 1 N–H and O–H groups in total. The first kappa shape index (κ1) is 12.4. The van der Waals surface area contributed by atoms with Crippen molar-refractivity contribution >= 4 is 0 Å². The molecular formula is C15H23NO. The summed E-state index contributed by atoms with van der Waals surface area (Å²) < 4.78 is 5.86. The van der Waals surface area contributed by atoms with E-state index in [-0.39, 0.29) is 0 Å². The quantitative estimate of drug-likeness (QED) is 0.781. The lowest BCUT2D eigenvalue weighted by Crippen LogP contribution is -2.36. The third-order valence-electron chi connectivity index (χ3n) is 3.42. The summed E-state index contributed by atoms with van der Waals surface area (Å²) in [4.78, 5) is 0. The highest BCUT2D eigenvalue weighted by atomic mass is 16.5. The molecule has 1 aromatic rings. The van der Waals surface area contributed by atoms with Crippen LogP contribution in [0.5, 0.6) is 5.75 Å². The summed E-state index contributed by atoms with van der Waals surface area (Å²) in [5.74, 6) is 1.83. The minimum Gasteiger partial charge on any atom is -0.492 e. The largest absolute Gasteiger partial charge is 0.492 e. The summed E-state index contributed by atoms with van der Waals surface area (Å²) in [5, 5.41) is 3.51. The SMILES string of the molecule is CCNC(COc1ccc(CC)cc1)C1CC1. The van der Waals surface area contributed by atoms with Crippen LogP contribution < -0.4 is 10.1 Å². The van der Waals surface area contributed by atoms with Gasteiger partial charge in [-0.1, -0.05) is 26.0 Å². The average Bonchev–Trinajstić information content (AvgIpc) is 3.19. The van der Waals surface area contributed by atoms with Gasteiger partial charge in [0.1, 0.15) is 12.4 Å². The zero-order valence-corrected chi connectivity index (χ0v) is 10.9. The first-order valence-corrected chi connectivity index (χ1v) is 6.78. The van der Waals surface area contributed by atoms with Gasteiger partial charge in [-0.15, -0.1) is 0 Å². The maximum Gasteiger partial charge on any atom is 0.119 e. The number of hydrogen-bond donors (Lipinski definition) is 1. The molecule has 0 radical (unpaired) electrons. The van der Waals surface area contributed by atoms with E-state index in [0.717, 1.165) is 31.2 Å². The van der Waals surface area contributed by atoms with E-state index >= 15 is 0 Å². The molecule has 0 bridgehead atoms. The molecule has 2 rings (SSSR count). The second kappa shape index (κ2) is 6.06. The smallest absolute Gasteiger partial charge is 0.119 e. The van der Waals surface area contributed by atoms with Gasteiger partial charge in [-0.2, -0.15) is 0 Å². The zero-order valence-electron chi connectivity index (χ0n) is 10.9. The fraction of sp³-hybridized carbons (Fsp3) is 0.600. The van der Waals surface area contributed by atoms with E-state index in [4.69, 9.17) is 4.74 Å². The number of likely N-dealkylation sites (N-methyl/N-ethyl adjacent to an activating group) is 1. The molecule has 94 valence electrons. The molecule has 1 aromatic carbocycles. The molecule has 1 aliphatic carbocycles. The Morgan fingerprint density at radius 1 is 1.24 bits per heavy atom. The Labute approximate surface area is 104 Å². The molecule has 1 atom stereocenters. The van der Waals surface area contributed by atoms with E-state index in [0.29, 0.717) is 6.04 Å². The fourth-order valence-corrected chi connectivity index (χ4v) is 2.13. The molecule has 2 heteroatoms. The van der Waals surface area contributed by atoms with Gasteiger partial charge < -0.3 is 10.1 Å². The van der Waals surface area contributed by atoms with E-state index in [1.807, 2.05) is 0 Å². The Morgan fingerprint density at radius 3 is 2.47 bits per heavy atom. The molecule has 0 aromatic heterocycles. The van der Waals surface area contributed by atoms with Crippen LogP contribution in [0.3, 0.4) is 0 Å². The topological polar surface area (TPSA) is 21.3 Å². The molecule has 0 heterocycles. The number of ether oxygens (including phenoxy) is 1. The van der Waals surface area contributed by atoms with Crippen LogP contribution in [0.1, 0.15) is 32.3 Å². The zero-order chi connectivity index (χ0) is 12.1. The molecule has 0 amide bonds. The van der Waals surface area contributed by atoms with Crippen molar-refractivity contribution in [2.45, 2.75) is 39.2 Å². The van der Waals surface area contributed by atoms with Gasteiger partial charge in [-0.25, -0.2) is 0 Å². The second-order valence-electron chi connectivity index (χ2n) is 4.81. The lowest BCUT2D eigenvalue weighted by Gasteiger charge is -2.18. The van der Waals surface area contributed by atoms with E-state index in [1.165, 1.54) is 18.4 Å². The standard InChI is InChI=1S/C15H23NO/c1-3-12-5-9-14(10-6-12)17-11-15(16-4-2)13-7-8-13/h5-6,9-10,13,15-16H,3-4,7-8,11H2,1-2H3. The molecule has 0 saturated heterocycles. The van der Waals surface area contributed by atoms with Crippen molar-refractivity contribution in [1.29, 1.82) is 0 Å². The Bertz CT molecular complexity index is 329. The molecule has 1 aliphatic rings. The number of hydrogen-bond acceptors (Lipinski definition) is 2. The molecule has 1 saturated carbocycles. The van der Waals surface area contributed by atoms with Crippen LogP contribution in [-0.2, 0) is 6.42 Å². The Balaban J connectivity index is 1.82. The summed E-state index contributed by atoms with van der Waals surface area (Å²) in [6.45, 7) is 6.15. The lowest BCUT2D eigenvalue weighted by molar-refractivity contribution is 0.251. The molecule has 1 unspecified atom stereocenters. The van der Waals surface area contributed by atoms with Gasteiger partial charge in [-0.3, -0.25) is 0 Å². The van der Waals surface area contributed by atoms with Gasteiger partial charge >= 0.3 is 0 Å². The number of benzene rings is 1. The predicted molar refractivity (Wildman–Crippen MR) is 71.5 cm³/mol. The molecule has 0 spiro atoms. The van der Waals surface area contributed by atoms with Gasteiger partial charge in [0.25, 0.3) is 0 Å². The van der Waals surface area contributed by atoms with Crippen LogP contribution in [0.15, 0.2) is 24.3 Å². The average molecular weight is 233 g/mol.